The molecule has 0 aliphatic heterocycles. The van der Waals surface area contributed by atoms with Crippen LogP contribution in [0.3, 0.4) is 0 Å². The lowest BCUT2D eigenvalue weighted by Gasteiger charge is -2.17. The quantitative estimate of drug-likeness (QED) is 0.766. The Morgan fingerprint density at radius 2 is 1.95 bits per heavy atom. The average Bonchev–Trinajstić information content (AvgIpc) is 3.08. The minimum absolute atomic E-state index is 0.0739. The normalized spacial score (nSPS) is 17.1. The van der Waals surface area contributed by atoms with E-state index in [1.54, 1.807) is 6.92 Å². The molecule has 1 aromatic heterocycles. The number of hydrogen-bond acceptors (Lipinski definition) is 5. The topological polar surface area (TPSA) is 70.1 Å². The van der Waals surface area contributed by atoms with Crippen molar-refractivity contribution in [3.8, 4) is 0 Å². The second kappa shape index (κ2) is 4.84. The molecule has 0 aromatic carbocycles. The molecule has 0 bridgehead atoms. The molecule has 106 valence electrons. The summed E-state index contributed by atoms with van der Waals surface area (Å²) in [5.41, 5.74) is -0.527. The molecule has 0 atom stereocenters. The monoisotopic (exact) mass is 276 g/mol. The van der Waals surface area contributed by atoms with Gasteiger partial charge in [-0.3, -0.25) is 0 Å². The number of nitrogens with one attached hydrogen (secondary N) is 2. The third-order valence-corrected chi connectivity index (χ3v) is 2.89. The molecule has 1 aliphatic carbocycles. The van der Waals surface area contributed by atoms with E-state index in [4.69, 9.17) is 0 Å². The van der Waals surface area contributed by atoms with Crippen LogP contribution in [0.2, 0.25) is 0 Å². The number of rotatable bonds is 5. The van der Waals surface area contributed by atoms with Crippen molar-refractivity contribution in [2.24, 2.45) is 0 Å². The fraction of sp³-hybridized carbons (Fsp3) is 0.636. The van der Waals surface area contributed by atoms with Crippen molar-refractivity contribution < 1.29 is 18.3 Å². The molecule has 8 heteroatoms. The van der Waals surface area contributed by atoms with E-state index in [9.17, 15) is 18.3 Å². The zero-order valence-electron chi connectivity index (χ0n) is 10.4. The van der Waals surface area contributed by atoms with Crippen LogP contribution in [0.25, 0.3) is 0 Å². The van der Waals surface area contributed by atoms with Gasteiger partial charge in [-0.1, -0.05) is 0 Å². The predicted molar refractivity (Wildman–Crippen MR) is 63.9 cm³/mol. The summed E-state index contributed by atoms with van der Waals surface area (Å²) in [6, 6.07) is 1.41. The van der Waals surface area contributed by atoms with Gasteiger partial charge in [0.1, 0.15) is 11.6 Å². The molecule has 0 saturated heterocycles. The summed E-state index contributed by atoms with van der Waals surface area (Å²) in [4.78, 5) is 6.88. The fourth-order valence-electron chi connectivity index (χ4n) is 1.65. The van der Waals surface area contributed by atoms with Crippen LogP contribution in [-0.4, -0.2) is 33.8 Å². The molecule has 5 nitrogen and oxygen atoms in total. The van der Waals surface area contributed by atoms with Gasteiger partial charge < -0.3 is 15.7 Å². The summed E-state index contributed by atoms with van der Waals surface area (Å²) in [7, 11) is 0. The van der Waals surface area contributed by atoms with Crippen molar-refractivity contribution in [2.45, 2.75) is 31.5 Å². The third kappa shape index (κ3) is 3.25. The number of aliphatic hydroxyl groups is 1. The van der Waals surface area contributed by atoms with Gasteiger partial charge in [-0.15, -0.1) is 0 Å². The third-order valence-electron chi connectivity index (χ3n) is 2.89. The Kier molecular flexibility index (Phi) is 3.53. The first-order valence-electron chi connectivity index (χ1n) is 5.98. The lowest BCUT2D eigenvalue weighted by molar-refractivity contribution is -0.144. The van der Waals surface area contributed by atoms with Crippen LogP contribution in [0.5, 0.6) is 0 Å². The van der Waals surface area contributed by atoms with Gasteiger partial charge in [0.05, 0.1) is 12.1 Å². The minimum Gasteiger partial charge on any atom is -0.394 e. The Balaban J connectivity index is 2.29. The maximum atomic E-state index is 12.7. The van der Waals surface area contributed by atoms with E-state index in [0.29, 0.717) is 19.4 Å². The van der Waals surface area contributed by atoms with Crippen LogP contribution in [0.4, 0.5) is 24.8 Å². The van der Waals surface area contributed by atoms with Crippen molar-refractivity contribution in [1.82, 2.24) is 9.97 Å². The molecular weight excluding hydrogens is 261 g/mol. The standard InChI is InChI=1S/C11H15F3N4O/c1-2-15-7-5-8(18-10(6-19)3-4-10)17-9(16-7)11(12,13)14/h5,19H,2-4,6H2,1H3,(H2,15,16,17,18). The highest BCUT2D eigenvalue weighted by Gasteiger charge is 2.43. The Labute approximate surface area is 108 Å². The van der Waals surface area contributed by atoms with Gasteiger partial charge in [-0.25, -0.2) is 9.97 Å². The van der Waals surface area contributed by atoms with Gasteiger partial charge >= 0.3 is 6.18 Å². The number of nitrogens with zero attached hydrogens (tertiary/aromatic N) is 2. The van der Waals surface area contributed by atoms with Crippen LogP contribution in [0.15, 0.2) is 6.07 Å². The number of anilines is 2. The van der Waals surface area contributed by atoms with Crippen LogP contribution in [0, 0.1) is 0 Å². The Bertz CT molecular complexity index is 460. The van der Waals surface area contributed by atoms with E-state index in [1.165, 1.54) is 6.07 Å². The van der Waals surface area contributed by atoms with Crippen LogP contribution < -0.4 is 10.6 Å². The summed E-state index contributed by atoms with van der Waals surface area (Å²) >= 11 is 0. The Hall–Kier alpha value is -1.57. The molecule has 19 heavy (non-hydrogen) atoms. The van der Waals surface area contributed by atoms with E-state index >= 15 is 0 Å². The van der Waals surface area contributed by atoms with Gasteiger partial charge in [-0.05, 0) is 19.8 Å². The molecule has 1 fully saturated rings. The van der Waals surface area contributed by atoms with E-state index < -0.39 is 17.5 Å². The first-order chi connectivity index (χ1) is 8.88. The van der Waals surface area contributed by atoms with Crippen molar-refractivity contribution in [1.29, 1.82) is 0 Å². The number of halogens is 3. The molecule has 0 spiro atoms. The van der Waals surface area contributed by atoms with E-state index in [1.807, 2.05) is 0 Å². The zero-order valence-corrected chi connectivity index (χ0v) is 10.4. The van der Waals surface area contributed by atoms with E-state index in [0.717, 1.165) is 0 Å². The smallest absolute Gasteiger partial charge is 0.394 e. The molecule has 1 aromatic rings. The van der Waals surface area contributed by atoms with Crippen molar-refractivity contribution in [2.75, 3.05) is 23.8 Å². The number of alkyl halides is 3. The Morgan fingerprint density at radius 1 is 1.32 bits per heavy atom. The molecule has 0 radical (unpaired) electrons. The van der Waals surface area contributed by atoms with Gasteiger partial charge in [0.2, 0.25) is 5.82 Å². The first kappa shape index (κ1) is 13.9. The molecular formula is C11H15F3N4O. The first-order valence-corrected chi connectivity index (χ1v) is 5.98. The molecule has 0 amide bonds. The van der Waals surface area contributed by atoms with Crippen molar-refractivity contribution >= 4 is 11.6 Å². The number of aromatic nitrogens is 2. The van der Waals surface area contributed by atoms with Gasteiger partial charge in [0.25, 0.3) is 0 Å². The highest BCUT2D eigenvalue weighted by molar-refractivity contribution is 5.50. The summed E-state index contributed by atoms with van der Waals surface area (Å²) < 4.78 is 38.1. The average molecular weight is 276 g/mol. The largest absolute Gasteiger partial charge is 0.451 e. The molecule has 1 saturated carbocycles. The summed E-state index contributed by atoms with van der Waals surface area (Å²) in [5.74, 6) is -1.01. The lowest BCUT2D eigenvalue weighted by Crippen LogP contribution is -2.27. The molecule has 1 aliphatic rings. The maximum Gasteiger partial charge on any atom is 0.451 e. The van der Waals surface area contributed by atoms with Gasteiger partial charge in [0, 0.05) is 12.6 Å². The van der Waals surface area contributed by atoms with Crippen LogP contribution in [-0.2, 0) is 6.18 Å². The molecule has 3 N–H and O–H groups in total. The fourth-order valence-corrected chi connectivity index (χ4v) is 1.65. The predicted octanol–water partition coefficient (Wildman–Crippen LogP) is 1.86. The zero-order chi connectivity index (χ0) is 14.1. The van der Waals surface area contributed by atoms with Gasteiger partial charge in [0.15, 0.2) is 0 Å². The highest BCUT2D eigenvalue weighted by Crippen LogP contribution is 2.38. The summed E-state index contributed by atoms with van der Waals surface area (Å²) in [6.45, 7) is 2.09. The highest BCUT2D eigenvalue weighted by atomic mass is 19.4. The molecule has 2 rings (SSSR count). The summed E-state index contributed by atoms with van der Waals surface area (Å²) in [6.07, 6.45) is -3.17. The number of aliphatic hydroxyl groups excluding tert-OH is 1. The Morgan fingerprint density at radius 3 is 2.42 bits per heavy atom. The maximum absolute atomic E-state index is 12.7. The lowest BCUT2D eigenvalue weighted by atomic mass is 10.3. The molecule has 1 heterocycles. The second-order valence-corrected chi connectivity index (χ2v) is 4.55. The SMILES string of the molecule is CCNc1cc(NC2(CO)CC2)nc(C(F)(F)F)n1. The minimum atomic E-state index is -4.60. The number of hydrogen-bond donors (Lipinski definition) is 3. The van der Waals surface area contributed by atoms with Crippen molar-refractivity contribution in [3.63, 3.8) is 0 Å². The molecule has 0 unspecified atom stereocenters. The summed E-state index contributed by atoms with van der Waals surface area (Å²) in [5, 5.41) is 14.8. The second-order valence-electron chi connectivity index (χ2n) is 4.55. The van der Waals surface area contributed by atoms with Crippen LogP contribution in [0.1, 0.15) is 25.6 Å². The van der Waals surface area contributed by atoms with E-state index in [-0.39, 0.29) is 18.2 Å². The van der Waals surface area contributed by atoms with Crippen molar-refractivity contribution in [3.05, 3.63) is 11.9 Å². The van der Waals surface area contributed by atoms with Crippen LogP contribution >= 0.6 is 0 Å². The van der Waals surface area contributed by atoms with Gasteiger partial charge in [-0.2, -0.15) is 13.2 Å². The van der Waals surface area contributed by atoms with E-state index in [2.05, 4.69) is 20.6 Å².